The first-order chi connectivity index (χ1) is 39.7. The number of fused-ring (bicyclic) bond motifs is 5. The Morgan fingerprint density at radius 1 is 1.00 bits per heavy atom. The number of ether oxygens (including phenoxy) is 6. The Morgan fingerprint density at radius 3 is 2.37 bits per heavy atom. The van der Waals surface area contributed by atoms with Crippen LogP contribution in [0.5, 0.6) is 5.75 Å². The molecule has 2 aromatic rings. The lowest BCUT2D eigenvalue weighted by Gasteiger charge is -2.41. The van der Waals surface area contributed by atoms with Gasteiger partial charge in [-0.05, 0) is 95.4 Å². The molecular weight excluding hydrogens is 1240 g/mol. The molecular formula is C61H84Br2ClN5O15. The van der Waals surface area contributed by atoms with Gasteiger partial charge in [0.1, 0.15) is 41.0 Å². The number of alkyl halides is 2. The molecule has 23 heteroatoms. The number of Topliss-reactive ketones (excluding diaryl/α,β-unsaturated/α-hetero) is 2. The van der Waals surface area contributed by atoms with Crippen molar-refractivity contribution in [3.05, 3.63) is 75.8 Å². The van der Waals surface area contributed by atoms with Crippen LogP contribution < -0.4 is 31.3 Å². The monoisotopic (exact) mass is 1320 g/mol. The lowest BCUT2D eigenvalue weighted by atomic mass is 9.78. The molecule has 1 unspecified atom stereocenters. The number of aryl methyl sites for hydroxylation is 1. The largest absolute Gasteiger partial charge is 0.496 e. The summed E-state index contributed by atoms with van der Waals surface area (Å²) >= 11 is 13.5. The predicted octanol–water partition coefficient (Wildman–Crippen LogP) is 9.11. The van der Waals surface area contributed by atoms with E-state index in [1.165, 1.54) is 31.3 Å². The summed E-state index contributed by atoms with van der Waals surface area (Å²) < 4.78 is 35.3. The van der Waals surface area contributed by atoms with Crippen molar-refractivity contribution in [3.63, 3.8) is 0 Å². The van der Waals surface area contributed by atoms with Gasteiger partial charge in [-0.3, -0.25) is 34.1 Å². The molecule has 2 fully saturated rings. The number of methoxy groups -OCH3 is 2. The molecule has 464 valence electrons. The summed E-state index contributed by atoms with van der Waals surface area (Å²) in [6.45, 7) is 12.9. The van der Waals surface area contributed by atoms with Crippen LogP contribution >= 0.6 is 43.5 Å². The summed E-state index contributed by atoms with van der Waals surface area (Å²) in [5.74, 6) is -4.01. The number of primary amides is 1. The van der Waals surface area contributed by atoms with E-state index in [9.17, 15) is 43.5 Å². The second-order valence-corrected chi connectivity index (χ2v) is 24.7. The molecule has 2 aromatic carbocycles. The summed E-state index contributed by atoms with van der Waals surface area (Å²) in [4.78, 5) is 109. The second kappa shape index (κ2) is 31.8. The summed E-state index contributed by atoms with van der Waals surface area (Å²) in [5, 5.41) is 21.4. The van der Waals surface area contributed by atoms with Crippen molar-refractivity contribution in [2.75, 3.05) is 48.7 Å². The van der Waals surface area contributed by atoms with Gasteiger partial charge in [0.05, 0.1) is 54.8 Å². The molecule has 3 heterocycles. The average molecular weight is 1320 g/mol. The van der Waals surface area contributed by atoms with Crippen molar-refractivity contribution in [1.29, 1.82) is 0 Å². The van der Waals surface area contributed by atoms with Crippen molar-refractivity contribution in [2.45, 2.75) is 173 Å². The maximum Gasteiger partial charge on any atom is 0.412 e. The summed E-state index contributed by atoms with van der Waals surface area (Å²) in [5.41, 5.74) is 6.00. The van der Waals surface area contributed by atoms with Gasteiger partial charge in [0, 0.05) is 86.2 Å². The van der Waals surface area contributed by atoms with Gasteiger partial charge < -0.3 is 54.8 Å². The molecule has 3 aliphatic rings. The molecule has 5 rings (SSSR count). The second-order valence-electron chi connectivity index (χ2n) is 23.0. The van der Waals surface area contributed by atoms with Crippen molar-refractivity contribution in [1.82, 2.24) is 10.6 Å². The Labute approximate surface area is 515 Å². The quantitative estimate of drug-likeness (QED) is 0.0204. The van der Waals surface area contributed by atoms with Crippen molar-refractivity contribution < 1.29 is 71.9 Å². The highest BCUT2D eigenvalue weighted by molar-refractivity contribution is 9.09. The number of halogens is 3. The number of benzene rings is 2. The fourth-order valence-electron chi connectivity index (χ4n) is 10.8. The van der Waals surface area contributed by atoms with E-state index in [1.54, 1.807) is 39.1 Å². The van der Waals surface area contributed by atoms with E-state index >= 15 is 0 Å². The van der Waals surface area contributed by atoms with Crippen LogP contribution in [0.4, 0.5) is 21.0 Å². The topological polar surface area (TPSA) is 281 Å². The van der Waals surface area contributed by atoms with Gasteiger partial charge in [0.25, 0.3) is 0 Å². The maximum absolute atomic E-state index is 14.4. The number of nitrogens with zero attached hydrogens (tertiary/aromatic N) is 1. The van der Waals surface area contributed by atoms with Crippen LogP contribution in [0.3, 0.4) is 0 Å². The van der Waals surface area contributed by atoms with Crippen LogP contribution in [0.15, 0.2) is 54.1 Å². The van der Waals surface area contributed by atoms with E-state index in [4.69, 9.17) is 45.8 Å². The minimum absolute atomic E-state index is 0.00810. The van der Waals surface area contributed by atoms with Crippen molar-refractivity contribution in [3.8, 4) is 5.75 Å². The number of allylic oxidation sites excluding steroid dienone is 3. The van der Waals surface area contributed by atoms with E-state index in [0.29, 0.717) is 52.6 Å². The number of anilines is 2. The van der Waals surface area contributed by atoms with E-state index in [0.717, 1.165) is 16.7 Å². The van der Waals surface area contributed by atoms with Crippen molar-refractivity contribution in [2.24, 2.45) is 29.4 Å². The fourth-order valence-corrected chi connectivity index (χ4v) is 12.7. The van der Waals surface area contributed by atoms with Gasteiger partial charge in [-0.2, -0.15) is 0 Å². The fraction of sp³-hybridized carbons (Fsp3) is 0.607. The van der Waals surface area contributed by atoms with Crippen LogP contribution in [0.2, 0.25) is 5.02 Å². The summed E-state index contributed by atoms with van der Waals surface area (Å²) in [7, 11) is 4.44. The number of aliphatic hydroxyl groups is 1. The third-order valence-electron chi connectivity index (χ3n) is 16.0. The number of esters is 2. The number of unbranched alkanes of at least 4 members (excludes halogenated alkanes) is 1. The zero-order valence-electron chi connectivity index (χ0n) is 49.8. The van der Waals surface area contributed by atoms with E-state index in [1.807, 2.05) is 52.8 Å². The smallest absolute Gasteiger partial charge is 0.412 e. The number of urea groups is 1. The van der Waals surface area contributed by atoms with E-state index < -0.39 is 83.4 Å². The molecule has 3 aliphatic heterocycles. The lowest BCUT2D eigenvalue weighted by Crippen LogP contribution is -2.53. The molecule has 2 saturated heterocycles. The number of epoxide rings is 1. The molecule has 0 aromatic heterocycles. The molecule has 84 heavy (non-hydrogen) atoms. The van der Waals surface area contributed by atoms with Gasteiger partial charge in [0.15, 0.2) is 5.78 Å². The predicted molar refractivity (Wildman–Crippen MR) is 326 cm³/mol. The highest BCUT2D eigenvalue weighted by Gasteiger charge is 2.64. The summed E-state index contributed by atoms with van der Waals surface area (Å²) in [6.07, 6.45) is 2.39. The Hall–Kier alpha value is -5.39. The van der Waals surface area contributed by atoms with Gasteiger partial charge in [0.2, 0.25) is 11.8 Å². The van der Waals surface area contributed by atoms with Gasteiger partial charge in [-0.1, -0.05) is 100 Å². The molecule has 4 bridgehead atoms. The Bertz CT molecular complexity index is 2760. The number of rotatable bonds is 25. The molecule has 10 atom stereocenters. The molecule has 0 saturated carbocycles. The first kappa shape index (κ1) is 69.4. The molecule has 20 nitrogen and oxygen atoms in total. The zero-order valence-corrected chi connectivity index (χ0v) is 53.7. The highest BCUT2D eigenvalue weighted by atomic mass is 79.9. The summed E-state index contributed by atoms with van der Waals surface area (Å²) in [6, 6.07) is 6.60. The van der Waals surface area contributed by atoms with Gasteiger partial charge in [-0.15, -0.1) is 0 Å². The number of hydrogen-bond donors (Lipinski definition) is 5. The van der Waals surface area contributed by atoms with Crippen LogP contribution in [-0.4, -0.2) is 139 Å². The van der Waals surface area contributed by atoms with Gasteiger partial charge in [-0.25, -0.2) is 9.59 Å². The van der Waals surface area contributed by atoms with Crippen LogP contribution in [-0.2, 0) is 65.3 Å². The van der Waals surface area contributed by atoms with Gasteiger partial charge >= 0.3 is 24.1 Å². The van der Waals surface area contributed by atoms with Crippen LogP contribution in [0, 0.1) is 30.6 Å². The van der Waals surface area contributed by atoms with Crippen molar-refractivity contribution >= 4 is 102 Å². The molecule has 0 radical (unpaired) electrons. The third-order valence-corrected chi connectivity index (χ3v) is 18.0. The normalized spacial score (nSPS) is 24.7. The Morgan fingerprint density at radius 2 is 1.71 bits per heavy atom. The minimum atomic E-state index is -1.63. The standard InChI is InChI=1S/C61H84Br2ClN5O15/c1-34(2)44(28-43(70)17-12-11-16-37(5)81-57(75)41(32-62)33-63)56(74)68-45(18-14-22-66-58(65)76)47(71)26-40-20-21-42(27-48(40)79-9)67-59(77)83-51-29-52(72)69(8)46-25-39(24-36(4)54(46)64)23-35(3)15-13-19-50(80-10)61(78)30-49(82-53(73)31-61)38(6)55-60(51,7)84-55/h13,15,19-21,24-25,27,34,37-38,41,44-45,49-51,55,78H,11-12,14,16-18,22-23,26,28-33H2,1-10H3,(H,67,77)(H,68,74)(H3,65,66,76)/b19-13+,35-15+/t37?,38-,44+,45+,49+,50-,51+,55+,60+,61-/m1/s1. The lowest BCUT2D eigenvalue weighted by molar-refractivity contribution is -0.187. The molecule has 0 spiro atoms. The van der Waals surface area contributed by atoms with E-state index in [2.05, 4.69) is 47.8 Å². The highest BCUT2D eigenvalue weighted by Crippen LogP contribution is 2.50. The number of amides is 5. The number of ketones is 2. The first-order valence-electron chi connectivity index (χ1n) is 28.5. The number of carbonyl (C=O) groups excluding carboxylic acids is 8. The Kier molecular flexibility index (Phi) is 26.3. The molecule has 5 amide bonds. The van der Waals surface area contributed by atoms with Crippen LogP contribution in [0.1, 0.15) is 122 Å². The number of hydrogen-bond acceptors (Lipinski definition) is 15. The zero-order chi connectivity index (χ0) is 62.2. The number of carbonyl (C=O) groups is 8. The maximum atomic E-state index is 14.4. The number of nitrogens with two attached hydrogens (primary N) is 1. The molecule has 0 aliphatic carbocycles. The average Bonchev–Trinajstić information content (AvgIpc) is 1.84. The number of nitrogens with one attached hydrogen (secondary N) is 3. The minimum Gasteiger partial charge on any atom is -0.496 e. The third kappa shape index (κ3) is 19.3. The Balaban J connectivity index is 1.32. The SMILES string of the molecule is COc1cc(NC(=O)O[C@H]2CC(=O)N(C)c3cc(cc(C)c3Cl)C/C(C)=C/C=C/[C@@H](OC)[C@]3(O)CC(=O)O[C@@H](C3)[C@@H](C)[C@@H]3O[C@@]23C)ccc1CC(=O)[C@H](CCCNC(N)=O)NC(=O)[C@@H](CC(=O)CCCCC(C)OC(=O)C(CBr)CBr)C(C)C. The first-order valence-corrected chi connectivity index (χ1v) is 31.2. The van der Waals surface area contributed by atoms with Crippen LogP contribution in [0.25, 0.3) is 0 Å². The van der Waals surface area contributed by atoms with E-state index in [-0.39, 0.29) is 105 Å². The molecule has 6 N–H and O–H groups in total.